The first kappa shape index (κ1) is 15.3. The second kappa shape index (κ2) is 5.48. The number of benzene rings is 1. The molecule has 1 aromatic rings. The van der Waals surface area contributed by atoms with Gasteiger partial charge in [0.2, 0.25) is 0 Å². The maximum absolute atomic E-state index is 12.4. The molecule has 0 aliphatic carbocycles. The van der Waals surface area contributed by atoms with Crippen molar-refractivity contribution in [1.82, 2.24) is 0 Å². The summed E-state index contributed by atoms with van der Waals surface area (Å²) in [6.07, 6.45) is -4.41. The first-order chi connectivity index (χ1) is 8.68. The van der Waals surface area contributed by atoms with Gasteiger partial charge in [-0.1, -0.05) is 0 Å². The quantitative estimate of drug-likeness (QED) is 0.682. The van der Waals surface area contributed by atoms with Crippen molar-refractivity contribution in [2.75, 3.05) is 11.5 Å². The van der Waals surface area contributed by atoms with Crippen LogP contribution in [-0.4, -0.2) is 14.2 Å². The molecule has 0 saturated heterocycles. The Morgan fingerprint density at radius 2 is 1.95 bits per heavy atom. The predicted molar refractivity (Wildman–Crippen MR) is 62.8 cm³/mol. The second-order valence-electron chi connectivity index (χ2n) is 3.83. The zero-order valence-electron chi connectivity index (χ0n) is 9.74. The number of nitrogens with zero attached hydrogens (tertiary/aromatic N) is 1. The molecule has 0 spiro atoms. The van der Waals surface area contributed by atoms with Crippen molar-refractivity contribution >= 4 is 15.5 Å². The summed E-state index contributed by atoms with van der Waals surface area (Å²) < 4.78 is 60.8. The normalized spacial score (nSPS) is 12.1. The molecule has 0 fully saturated rings. The minimum atomic E-state index is -4.57. The molecule has 0 radical (unpaired) electrons. The fourth-order valence-electron chi connectivity index (χ4n) is 1.46. The number of alkyl halides is 3. The Labute approximate surface area is 108 Å². The molecule has 4 nitrogen and oxygen atoms in total. The van der Waals surface area contributed by atoms with E-state index in [2.05, 4.69) is 0 Å². The number of halogens is 3. The van der Waals surface area contributed by atoms with E-state index in [0.29, 0.717) is 12.1 Å². The number of nitriles is 1. The third-order valence-electron chi connectivity index (χ3n) is 2.37. The van der Waals surface area contributed by atoms with Crippen molar-refractivity contribution in [2.24, 2.45) is 0 Å². The summed E-state index contributed by atoms with van der Waals surface area (Å²) in [7, 11) is -3.77. The van der Waals surface area contributed by atoms with E-state index in [9.17, 15) is 21.6 Å². The maximum Gasteiger partial charge on any atom is 0.416 e. The van der Waals surface area contributed by atoms with Crippen LogP contribution in [-0.2, 0) is 16.0 Å². The molecule has 0 aromatic heterocycles. The van der Waals surface area contributed by atoms with E-state index in [4.69, 9.17) is 11.0 Å². The van der Waals surface area contributed by atoms with Crippen LogP contribution in [0.25, 0.3) is 0 Å². The summed E-state index contributed by atoms with van der Waals surface area (Å²) in [6.45, 7) is 0. The van der Waals surface area contributed by atoms with Crippen molar-refractivity contribution in [2.45, 2.75) is 23.9 Å². The highest BCUT2D eigenvalue weighted by atomic mass is 32.2. The lowest BCUT2D eigenvalue weighted by atomic mass is 10.2. The number of unbranched alkanes of at least 4 members (excludes halogenated alkanes) is 1. The Kier molecular flexibility index (Phi) is 4.42. The molecular weight excluding hydrogens is 281 g/mol. The Hall–Kier alpha value is -1.75. The molecule has 104 valence electrons. The van der Waals surface area contributed by atoms with Gasteiger partial charge in [-0.05, 0) is 24.6 Å². The molecule has 0 unspecified atom stereocenters. The Morgan fingerprint density at radius 3 is 2.42 bits per heavy atom. The van der Waals surface area contributed by atoms with E-state index in [0.717, 1.165) is 6.07 Å². The summed E-state index contributed by atoms with van der Waals surface area (Å²) in [6, 6.07) is 3.91. The minimum absolute atomic E-state index is 0.0553. The number of rotatable bonds is 4. The van der Waals surface area contributed by atoms with Crippen molar-refractivity contribution in [3.8, 4) is 6.07 Å². The summed E-state index contributed by atoms with van der Waals surface area (Å²) in [5.41, 5.74) is 3.93. The number of sulfone groups is 1. The lowest BCUT2D eigenvalue weighted by molar-refractivity contribution is -0.137. The molecule has 8 heteroatoms. The van der Waals surface area contributed by atoms with Crippen molar-refractivity contribution in [3.63, 3.8) is 0 Å². The monoisotopic (exact) mass is 292 g/mol. The summed E-state index contributed by atoms with van der Waals surface area (Å²) in [5.74, 6) is -0.323. The van der Waals surface area contributed by atoms with Gasteiger partial charge in [0, 0.05) is 6.42 Å². The summed E-state index contributed by atoms with van der Waals surface area (Å²) in [5, 5.41) is 8.32. The zero-order chi connectivity index (χ0) is 14.7. The van der Waals surface area contributed by atoms with Crippen LogP contribution in [0.5, 0.6) is 0 Å². The van der Waals surface area contributed by atoms with E-state index in [1.807, 2.05) is 0 Å². The summed E-state index contributed by atoms with van der Waals surface area (Å²) in [4.78, 5) is -0.335. The fourth-order valence-corrected chi connectivity index (χ4v) is 2.90. The highest BCUT2D eigenvalue weighted by Crippen LogP contribution is 2.32. The van der Waals surface area contributed by atoms with Crippen LogP contribution in [0.3, 0.4) is 0 Å². The molecule has 0 aliphatic heterocycles. The number of nitrogens with two attached hydrogens (primary N) is 1. The standard InChI is InChI=1S/C11H11F3N2O2S/c12-11(13,14)8-3-4-10(9(16)7-8)19(17,18)6-2-1-5-15/h3-4,7H,1-2,6,16H2. The minimum Gasteiger partial charge on any atom is -0.398 e. The number of hydrogen-bond acceptors (Lipinski definition) is 4. The second-order valence-corrected chi connectivity index (χ2v) is 5.91. The molecule has 2 N–H and O–H groups in total. The number of hydrogen-bond donors (Lipinski definition) is 1. The molecule has 1 aromatic carbocycles. The van der Waals surface area contributed by atoms with Crippen LogP contribution in [0.4, 0.5) is 18.9 Å². The molecule has 0 heterocycles. The Bertz CT molecular complexity index is 603. The van der Waals surface area contributed by atoms with Crippen LogP contribution >= 0.6 is 0 Å². The topological polar surface area (TPSA) is 84.0 Å². The molecular formula is C11H11F3N2O2S. The lowest BCUT2D eigenvalue weighted by Gasteiger charge is -2.11. The average Bonchev–Trinajstić information content (AvgIpc) is 2.27. The van der Waals surface area contributed by atoms with Gasteiger partial charge in [-0.2, -0.15) is 18.4 Å². The SMILES string of the molecule is N#CCCCS(=O)(=O)c1ccc(C(F)(F)F)cc1N. The molecule has 0 atom stereocenters. The molecule has 0 saturated carbocycles. The van der Waals surface area contributed by atoms with Gasteiger partial charge in [0.25, 0.3) is 0 Å². The van der Waals surface area contributed by atoms with Crippen molar-refractivity contribution in [3.05, 3.63) is 23.8 Å². The number of nitrogen functional groups attached to an aromatic ring is 1. The van der Waals surface area contributed by atoms with E-state index >= 15 is 0 Å². The van der Waals surface area contributed by atoms with Crippen LogP contribution in [0, 0.1) is 11.3 Å². The fraction of sp³-hybridized carbons (Fsp3) is 0.364. The van der Waals surface area contributed by atoms with Gasteiger partial charge in [0.1, 0.15) is 0 Å². The van der Waals surface area contributed by atoms with E-state index in [1.165, 1.54) is 0 Å². The van der Waals surface area contributed by atoms with Crippen molar-refractivity contribution < 1.29 is 21.6 Å². The van der Waals surface area contributed by atoms with Gasteiger partial charge < -0.3 is 5.73 Å². The largest absolute Gasteiger partial charge is 0.416 e. The third-order valence-corrected chi connectivity index (χ3v) is 4.24. The van der Waals surface area contributed by atoms with Gasteiger partial charge in [-0.3, -0.25) is 0 Å². The molecule has 0 bridgehead atoms. The average molecular weight is 292 g/mol. The third kappa shape index (κ3) is 3.86. The molecule has 0 aliphatic rings. The van der Waals surface area contributed by atoms with Crippen LogP contribution < -0.4 is 5.73 Å². The zero-order valence-corrected chi connectivity index (χ0v) is 10.6. The van der Waals surface area contributed by atoms with Gasteiger partial charge in [-0.25, -0.2) is 8.42 Å². The Balaban J connectivity index is 3.07. The van der Waals surface area contributed by atoms with E-state index < -0.39 is 27.3 Å². The molecule has 19 heavy (non-hydrogen) atoms. The van der Waals surface area contributed by atoms with Crippen LogP contribution in [0.2, 0.25) is 0 Å². The lowest BCUT2D eigenvalue weighted by Crippen LogP contribution is -2.12. The maximum atomic E-state index is 12.4. The molecule has 1 rings (SSSR count). The predicted octanol–water partition coefficient (Wildman–Crippen LogP) is 2.37. The van der Waals surface area contributed by atoms with Gasteiger partial charge in [0.15, 0.2) is 9.84 Å². The van der Waals surface area contributed by atoms with Gasteiger partial charge >= 0.3 is 6.18 Å². The smallest absolute Gasteiger partial charge is 0.398 e. The van der Waals surface area contributed by atoms with Crippen LogP contribution in [0.1, 0.15) is 18.4 Å². The van der Waals surface area contributed by atoms with Gasteiger partial charge in [0.05, 0.1) is 28.0 Å². The first-order valence-electron chi connectivity index (χ1n) is 5.25. The van der Waals surface area contributed by atoms with E-state index in [1.54, 1.807) is 6.07 Å². The summed E-state index contributed by atoms with van der Waals surface area (Å²) >= 11 is 0. The molecule has 0 amide bonds. The highest BCUT2D eigenvalue weighted by molar-refractivity contribution is 7.91. The van der Waals surface area contributed by atoms with Crippen molar-refractivity contribution in [1.29, 1.82) is 5.26 Å². The Morgan fingerprint density at radius 1 is 1.32 bits per heavy atom. The van der Waals surface area contributed by atoms with Crippen LogP contribution in [0.15, 0.2) is 23.1 Å². The van der Waals surface area contributed by atoms with E-state index in [-0.39, 0.29) is 23.5 Å². The number of anilines is 1. The van der Waals surface area contributed by atoms with Gasteiger partial charge in [-0.15, -0.1) is 0 Å². The highest BCUT2D eigenvalue weighted by Gasteiger charge is 2.31. The first-order valence-corrected chi connectivity index (χ1v) is 6.90.